The fraction of sp³-hybridized carbons (Fsp3) is 0.800. The number of ketones is 2. The monoisotopic (exact) mass is 204 g/mol. The molecule has 4 nitrogen and oxygen atoms in total. The first kappa shape index (κ1) is 15.7. The highest BCUT2D eigenvalue weighted by Gasteiger charge is 1.92. The van der Waals surface area contributed by atoms with Crippen molar-refractivity contribution in [2.75, 3.05) is 27.4 Å². The number of hydrogen-bond donors (Lipinski definition) is 0. The highest BCUT2D eigenvalue weighted by molar-refractivity contribution is 5.79. The van der Waals surface area contributed by atoms with Crippen LogP contribution in [0.3, 0.4) is 0 Å². The summed E-state index contributed by atoms with van der Waals surface area (Å²) in [6.07, 6.45) is 1.15. The van der Waals surface area contributed by atoms with E-state index in [1.165, 1.54) is 14.2 Å². The van der Waals surface area contributed by atoms with Crippen LogP contribution in [0.4, 0.5) is 0 Å². The van der Waals surface area contributed by atoms with Crippen molar-refractivity contribution >= 4 is 11.6 Å². The van der Waals surface area contributed by atoms with Crippen molar-refractivity contribution in [1.82, 2.24) is 0 Å². The lowest BCUT2D eigenvalue weighted by molar-refractivity contribution is -0.123. The van der Waals surface area contributed by atoms with Crippen molar-refractivity contribution in [2.24, 2.45) is 0 Å². The van der Waals surface area contributed by atoms with E-state index in [0.29, 0.717) is 12.8 Å². The van der Waals surface area contributed by atoms with Crippen molar-refractivity contribution in [1.29, 1.82) is 0 Å². The molecular weight excluding hydrogens is 184 g/mol. The van der Waals surface area contributed by atoms with E-state index in [4.69, 9.17) is 0 Å². The number of methoxy groups -OCH3 is 2. The SMILES string of the molecule is CCC(=O)COC.CCC(=O)COC. The van der Waals surface area contributed by atoms with Crippen molar-refractivity contribution in [3.8, 4) is 0 Å². The van der Waals surface area contributed by atoms with Gasteiger partial charge in [0, 0.05) is 27.1 Å². The van der Waals surface area contributed by atoms with Gasteiger partial charge in [0.1, 0.15) is 13.2 Å². The van der Waals surface area contributed by atoms with Crippen molar-refractivity contribution < 1.29 is 19.1 Å². The second-order valence-electron chi connectivity index (χ2n) is 2.65. The summed E-state index contributed by atoms with van der Waals surface area (Å²) in [7, 11) is 3.04. The molecule has 0 saturated carbocycles. The van der Waals surface area contributed by atoms with Crippen LogP contribution >= 0.6 is 0 Å². The van der Waals surface area contributed by atoms with E-state index in [9.17, 15) is 9.59 Å². The van der Waals surface area contributed by atoms with Gasteiger partial charge in [-0.3, -0.25) is 9.59 Å². The molecule has 0 fully saturated rings. The summed E-state index contributed by atoms with van der Waals surface area (Å²) in [6, 6.07) is 0. The topological polar surface area (TPSA) is 52.6 Å². The van der Waals surface area contributed by atoms with Gasteiger partial charge < -0.3 is 9.47 Å². The minimum atomic E-state index is 0.155. The average molecular weight is 204 g/mol. The zero-order valence-electron chi connectivity index (χ0n) is 9.46. The van der Waals surface area contributed by atoms with Crippen LogP contribution in [0.2, 0.25) is 0 Å². The van der Waals surface area contributed by atoms with Gasteiger partial charge >= 0.3 is 0 Å². The van der Waals surface area contributed by atoms with Crippen molar-refractivity contribution in [3.63, 3.8) is 0 Å². The fourth-order valence-corrected chi connectivity index (χ4v) is 0.526. The standard InChI is InChI=1S/2C5H10O2/c2*1-3-5(6)4-7-2/h2*3-4H2,1-2H3. The summed E-state index contributed by atoms with van der Waals surface area (Å²) in [6.45, 7) is 4.16. The molecule has 0 aromatic carbocycles. The third kappa shape index (κ3) is 13.8. The van der Waals surface area contributed by atoms with E-state index in [2.05, 4.69) is 9.47 Å². The van der Waals surface area contributed by atoms with Crippen molar-refractivity contribution in [3.05, 3.63) is 0 Å². The highest BCUT2D eigenvalue weighted by atomic mass is 16.5. The Kier molecular flexibility index (Phi) is 13.8. The Morgan fingerprint density at radius 2 is 1.14 bits per heavy atom. The molecule has 0 aromatic rings. The number of carbonyl (C=O) groups is 2. The van der Waals surface area contributed by atoms with E-state index in [1.54, 1.807) is 0 Å². The molecule has 84 valence electrons. The molecule has 0 unspecified atom stereocenters. The Morgan fingerprint density at radius 3 is 1.21 bits per heavy atom. The van der Waals surface area contributed by atoms with Crippen molar-refractivity contribution in [2.45, 2.75) is 26.7 Å². The molecule has 0 amide bonds. The summed E-state index contributed by atoms with van der Waals surface area (Å²) < 4.78 is 9.09. The van der Waals surface area contributed by atoms with E-state index in [0.717, 1.165) is 0 Å². The summed E-state index contributed by atoms with van der Waals surface area (Å²) in [5.41, 5.74) is 0. The molecule has 0 aromatic heterocycles. The zero-order valence-corrected chi connectivity index (χ0v) is 9.46. The van der Waals surface area contributed by atoms with Gasteiger partial charge in [-0.25, -0.2) is 0 Å². The maximum absolute atomic E-state index is 10.3. The van der Waals surface area contributed by atoms with E-state index in [-0.39, 0.29) is 24.8 Å². The molecule has 0 radical (unpaired) electrons. The summed E-state index contributed by atoms with van der Waals surface area (Å²) in [4.78, 5) is 20.6. The molecule has 0 aliphatic rings. The summed E-state index contributed by atoms with van der Waals surface area (Å²) >= 11 is 0. The second kappa shape index (κ2) is 12.3. The minimum absolute atomic E-state index is 0.155. The van der Waals surface area contributed by atoms with Gasteiger partial charge in [0.25, 0.3) is 0 Å². The number of ether oxygens (including phenoxy) is 2. The third-order valence-electron chi connectivity index (χ3n) is 1.40. The lowest BCUT2D eigenvalue weighted by Crippen LogP contribution is -2.03. The van der Waals surface area contributed by atoms with Crippen LogP contribution in [-0.2, 0) is 19.1 Å². The molecule has 0 atom stereocenters. The van der Waals surface area contributed by atoms with E-state index >= 15 is 0 Å². The molecule has 0 aliphatic carbocycles. The third-order valence-corrected chi connectivity index (χ3v) is 1.40. The van der Waals surface area contributed by atoms with Crippen LogP contribution in [0.5, 0.6) is 0 Å². The molecule has 4 heteroatoms. The quantitative estimate of drug-likeness (QED) is 0.653. The minimum Gasteiger partial charge on any atom is -0.377 e. The van der Waals surface area contributed by atoms with Gasteiger partial charge in [0.15, 0.2) is 11.6 Å². The molecule has 14 heavy (non-hydrogen) atoms. The Hall–Kier alpha value is -0.740. The molecule has 0 heterocycles. The average Bonchev–Trinajstić information content (AvgIpc) is 2.19. The Bertz CT molecular complexity index is 136. The summed E-state index contributed by atoms with van der Waals surface area (Å²) in [5.74, 6) is 0.310. The molecule has 0 spiro atoms. The summed E-state index contributed by atoms with van der Waals surface area (Å²) in [5, 5.41) is 0. The van der Waals surface area contributed by atoms with Crippen LogP contribution in [0.1, 0.15) is 26.7 Å². The first-order valence-electron chi connectivity index (χ1n) is 4.63. The Labute approximate surface area is 85.6 Å². The van der Waals surface area contributed by atoms with Crippen LogP contribution in [0, 0.1) is 0 Å². The van der Waals surface area contributed by atoms with Gasteiger partial charge in [-0.05, 0) is 0 Å². The molecule has 0 aliphatic heterocycles. The van der Waals surface area contributed by atoms with Gasteiger partial charge in [-0.2, -0.15) is 0 Å². The van der Waals surface area contributed by atoms with Gasteiger partial charge in [0.05, 0.1) is 0 Å². The number of Topliss-reactive ketones (excluding diaryl/α,β-unsaturated/α-hetero) is 2. The number of hydrogen-bond acceptors (Lipinski definition) is 4. The van der Waals surface area contributed by atoms with Gasteiger partial charge in [-0.15, -0.1) is 0 Å². The predicted octanol–water partition coefficient (Wildman–Crippen LogP) is 1.22. The van der Waals surface area contributed by atoms with Gasteiger partial charge in [-0.1, -0.05) is 13.8 Å². The van der Waals surface area contributed by atoms with E-state index < -0.39 is 0 Å². The number of carbonyl (C=O) groups excluding carboxylic acids is 2. The van der Waals surface area contributed by atoms with Crippen LogP contribution in [0.25, 0.3) is 0 Å². The second-order valence-corrected chi connectivity index (χ2v) is 2.65. The van der Waals surface area contributed by atoms with Crippen LogP contribution < -0.4 is 0 Å². The zero-order chi connectivity index (χ0) is 11.4. The lowest BCUT2D eigenvalue weighted by Gasteiger charge is -1.89. The maximum Gasteiger partial charge on any atom is 0.158 e. The predicted molar refractivity (Wildman–Crippen MR) is 54.3 cm³/mol. The molecular formula is C10H20O4. The highest BCUT2D eigenvalue weighted by Crippen LogP contribution is 1.78. The first-order valence-corrected chi connectivity index (χ1v) is 4.63. The Morgan fingerprint density at radius 1 is 0.857 bits per heavy atom. The largest absolute Gasteiger partial charge is 0.377 e. The normalized spacial score (nSPS) is 8.86. The maximum atomic E-state index is 10.3. The van der Waals surface area contributed by atoms with Gasteiger partial charge in [0.2, 0.25) is 0 Å². The molecule has 0 bridgehead atoms. The number of rotatable bonds is 6. The lowest BCUT2D eigenvalue weighted by atomic mass is 10.3. The first-order chi connectivity index (χ1) is 6.62. The fourth-order valence-electron chi connectivity index (χ4n) is 0.526. The molecule has 0 N–H and O–H groups in total. The smallest absolute Gasteiger partial charge is 0.158 e. The Balaban J connectivity index is 0. The van der Waals surface area contributed by atoms with E-state index in [1.807, 2.05) is 13.8 Å². The van der Waals surface area contributed by atoms with Crippen LogP contribution in [-0.4, -0.2) is 39.0 Å². The van der Waals surface area contributed by atoms with Crippen LogP contribution in [0.15, 0.2) is 0 Å². The molecule has 0 rings (SSSR count). The molecule has 0 saturated heterocycles.